The van der Waals surface area contributed by atoms with Gasteiger partial charge in [-0.05, 0) is 18.8 Å². The second kappa shape index (κ2) is 5.61. The van der Waals surface area contributed by atoms with E-state index in [4.69, 9.17) is 0 Å². The Bertz CT molecular complexity index is 416. The fourth-order valence-corrected chi connectivity index (χ4v) is 3.58. The fraction of sp³-hybridized carbons (Fsp3) is 0.867. The molecule has 1 atom stereocenters. The van der Waals surface area contributed by atoms with Crippen molar-refractivity contribution in [3.05, 3.63) is 11.6 Å². The molecular weight excluding hydrogens is 236 g/mol. The third-order valence-electron chi connectivity index (χ3n) is 4.67. The van der Waals surface area contributed by atoms with Gasteiger partial charge in [0.2, 0.25) is 0 Å². The Labute approximate surface area is 116 Å². The summed E-state index contributed by atoms with van der Waals surface area (Å²) in [7, 11) is 0. The third kappa shape index (κ3) is 2.55. The zero-order valence-electron chi connectivity index (χ0n) is 12.2. The van der Waals surface area contributed by atoms with Crippen molar-refractivity contribution in [2.24, 2.45) is 5.92 Å². The monoisotopic (exact) mass is 262 g/mol. The molecule has 1 saturated carbocycles. The number of fused-ring (bicyclic) bond motifs is 1. The first-order valence-electron chi connectivity index (χ1n) is 7.93. The van der Waals surface area contributed by atoms with Gasteiger partial charge in [0, 0.05) is 19.0 Å². The van der Waals surface area contributed by atoms with E-state index in [1.807, 2.05) is 0 Å². The van der Waals surface area contributed by atoms with Crippen molar-refractivity contribution in [3.63, 3.8) is 0 Å². The first-order chi connectivity index (χ1) is 9.27. The van der Waals surface area contributed by atoms with Gasteiger partial charge in [-0.1, -0.05) is 39.5 Å². The summed E-state index contributed by atoms with van der Waals surface area (Å²) in [5.74, 6) is 3.66. The Hall–Kier alpha value is -0.900. The number of rotatable bonds is 2. The zero-order chi connectivity index (χ0) is 13.2. The molecule has 4 heteroatoms. The van der Waals surface area contributed by atoms with Crippen LogP contribution in [0.5, 0.6) is 0 Å². The maximum absolute atomic E-state index is 4.57. The van der Waals surface area contributed by atoms with Crippen LogP contribution in [0, 0.1) is 5.92 Å². The van der Waals surface area contributed by atoms with Crippen molar-refractivity contribution in [3.8, 4) is 0 Å². The number of nitrogens with one attached hydrogen (secondary N) is 1. The zero-order valence-corrected chi connectivity index (χ0v) is 12.2. The van der Waals surface area contributed by atoms with E-state index in [1.54, 1.807) is 0 Å². The number of nitrogens with zero attached hydrogens (tertiary/aromatic N) is 3. The van der Waals surface area contributed by atoms with Crippen LogP contribution in [0.3, 0.4) is 0 Å². The minimum atomic E-state index is 0.376. The van der Waals surface area contributed by atoms with Crippen LogP contribution >= 0.6 is 0 Å². The van der Waals surface area contributed by atoms with Crippen LogP contribution in [0.1, 0.15) is 76.0 Å². The third-order valence-corrected chi connectivity index (χ3v) is 4.67. The van der Waals surface area contributed by atoms with Gasteiger partial charge in [0.1, 0.15) is 5.82 Å². The lowest BCUT2D eigenvalue weighted by atomic mass is 9.98. The van der Waals surface area contributed by atoms with E-state index < -0.39 is 0 Å². The van der Waals surface area contributed by atoms with Crippen molar-refractivity contribution in [1.29, 1.82) is 0 Å². The summed E-state index contributed by atoms with van der Waals surface area (Å²) in [6.07, 6.45) is 8.12. The molecule has 19 heavy (non-hydrogen) atoms. The molecule has 1 fully saturated rings. The van der Waals surface area contributed by atoms with Crippen molar-refractivity contribution in [2.45, 2.75) is 70.9 Å². The maximum Gasteiger partial charge on any atom is 0.150 e. The van der Waals surface area contributed by atoms with Gasteiger partial charge in [-0.3, -0.25) is 0 Å². The summed E-state index contributed by atoms with van der Waals surface area (Å²) in [5, 5.41) is 12.7. The summed E-state index contributed by atoms with van der Waals surface area (Å²) in [6.45, 7) is 6.60. The first-order valence-corrected chi connectivity index (χ1v) is 7.93. The molecular formula is C15H26N4. The van der Waals surface area contributed by atoms with Crippen molar-refractivity contribution < 1.29 is 0 Å². The lowest BCUT2D eigenvalue weighted by molar-refractivity contribution is 0.331. The van der Waals surface area contributed by atoms with Gasteiger partial charge in [-0.15, -0.1) is 10.2 Å². The standard InChI is InChI=1S/C15H26N4/c1-11(2)13-15-18-17-14(19(15)10-9-16-13)12-7-5-3-4-6-8-12/h11-13,16H,3-10H2,1-2H3. The van der Waals surface area contributed by atoms with E-state index in [9.17, 15) is 0 Å². The van der Waals surface area contributed by atoms with Crippen LogP contribution in [-0.2, 0) is 6.54 Å². The molecule has 106 valence electrons. The van der Waals surface area contributed by atoms with E-state index in [-0.39, 0.29) is 0 Å². The van der Waals surface area contributed by atoms with Crippen LogP contribution in [0.4, 0.5) is 0 Å². The molecule has 1 aromatic heterocycles. The lowest BCUT2D eigenvalue weighted by Crippen LogP contribution is -2.37. The highest BCUT2D eigenvalue weighted by Gasteiger charge is 2.29. The second-order valence-corrected chi connectivity index (χ2v) is 6.43. The Morgan fingerprint density at radius 3 is 2.42 bits per heavy atom. The molecule has 3 rings (SSSR count). The van der Waals surface area contributed by atoms with Crippen molar-refractivity contribution >= 4 is 0 Å². The average molecular weight is 262 g/mol. The number of aromatic nitrogens is 3. The summed E-state index contributed by atoms with van der Waals surface area (Å²) < 4.78 is 2.41. The SMILES string of the molecule is CC(C)C1NCCn2c(C3CCCCCC3)nnc21. The Morgan fingerprint density at radius 2 is 1.74 bits per heavy atom. The predicted molar refractivity (Wildman–Crippen MR) is 76.0 cm³/mol. The normalized spacial score (nSPS) is 25.3. The molecule has 0 spiro atoms. The minimum absolute atomic E-state index is 0.376. The first kappa shape index (κ1) is 13.1. The fourth-order valence-electron chi connectivity index (χ4n) is 3.58. The van der Waals surface area contributed by atoms with E-state index in [2.05, 4.69) is 33.9 Å². The maximum atomic E-state index is 4.57. The molecule has 1 aliphatic heterocycles. The predicted octanol–water partition coefficient (Wildman–Crippen LogP) is 3.02. The lowest BCUT2D eigenvalue weighted by Gasteiger charge is -2.28. The topological polar surface area (TPSA) is 42.7 Å². The highest BCUT2D eigenvalue weighted by molar-refractivity contribution is 5.09. The van der Waals surface area contributed by atoms with E-state index in [0.29, 0.717) is 17.9 Å². The Kier molecular flexibility index (Phi) is 3.87. The van der Waals surface area contributed by atoms with E-state index in [0.717, 1.165) is 13.1 Å². The quantitative estimate of drug-likeness (QED) is 0.833. The smallest absolute Gasteiger partial charge is 0.150 e. The largest absolute Gasteiger partial charge is 0.312 e. The van der Waals surface area contributed by atoms with Gasteiger partial charge in [0.15, 0.2) is 5.82 Å². The van der Waals surface area contributed by atoms with Crippen LogP contribution in [-0.4, -0.2) is 21.3 Å². The molecule has 1 aliphatic carbocycles. The molecule has 0 bridgehead atoms. The second-order valence-electron chi connectivity index (χ2n) is 6.43. The van der Waals surface area contributed by atoms with Crippen molar-refractivity contribution in [1.82, 2.24) is 20.1 Å². The van der Waals surface area contributed by atoms with Gasteiger partial charge in [0.25, 0.3) is 0 Å². The van der Waals surface area contributed by atoms with Gasteiger partial charge in [-0.2, -0.15) is 0 Å². The van der Waals surface area contributed by atoms with Gasteiger partial charge in [0.05, 0.1) is 6.04 Å². The van der Waals surface area contributed by atoms with Crippen molar-refractivity contribution in [2.75, 3.05) is 6.54 Å². The Balaban J connectivity index is 1.87. The molecule has 1 N–H and O–H groups in total. The average Bonchev–Trinajstić information content (AvgIpc) is 2.66. The molecule has 2 aliphatic rings. The number of hydrogen-bond acceptors (Lipinski definition) is 3. The highest BCUT2D eigenvalue weighted by Crippen LogP contribution is 2.33. The van der Waals surface area contributed by atoms with Crippen LogP contribution < -0.4 is 5.32 Å². The summed E-state index contributed by atoms with van der Waals surface area (Å²) in [4.78, 5) is 0. The Morgan fingerprint density at radius 1 is 1.05 bits per heavy atom. The van der Waals surface area contributed by atoms with E-state index >= 15 is 0 Å². The summed E-state index contributed by atoms with van der Waals surface area (Å²) >= 11 is 0. The molecule has 0 saturated heterocycles. The molecule has 0 amide bonds. The molecule has 4 nitrogen and oxygen atoms in total. The molecule has 0 aromatic carbocycles. The molecule has 2 heterocycles. The summed E-state index contributed by atoms with van der Waals surface area (Å²) in [5.41, 5.74) is 0. The molecule has 1 aromatic rings. The molecule has 1 unspecified atom stereocenters. The van der Waals surface area contributed by atoms with Crippen LogP contribution in [0.2, 0.25) is 0 Å². The van der Waals surface area contributed by atoms with E-state index in [1.165, 1.54) is 50.2 Å². The van der Waals surface area contributed by atoms with Gasteiger partial charge >= 0.3 is 0 Å². The minimum Gasteiger partial charge on any atom is -0.312 e. The van der Waals surface area contributed by atoms with Crippen LogP contribution in [0.25, 0.3) is 0 Å². The van der Waals surface area contributed by atoms with Crippen LogP contribution in [0.15, 0.2) is 0 Å². The molecule has 0 radical (unpaired) electrons. The van der Waals surface area contributed by atoms with Gasteiger partial charge < -0.3 is 9.88 Å². The number of hydrogen-bond donors (Lipinski definition) is 1. The van der Waals surface area contributed by atoms with Gasteiger partial charge in [-0.25, -0.2) is 0 Å². The summed E-state index contributed by atoms with van der Waals surface area (Å²) in [6, 6.07) is 0.376. The highest BCUT2D eigenvalue weighted by atomic mass is 15.3.